The molecule has 92 valence electrons. The van der Waals surface area contributed by atoms with E-state index in [0.29, 0.717) is 6.54 Å². The van der Waals surface area contributed by atoms with E-state index in [0.717, 1.165) is 18.1 Å². The van der Waals surface area contributed by atoms with Crippen molar-refractivity contribution in [1.29, 1.82) is 0 Å². The second-order valence-corrected chi connectivity index (χ2v) is 4.81. The lowest BCUT2D eigenvalue weighted by molar-refractivity contribution is 0.176. The van der Waals surface area contributed by atoms with Crippen LogP contribution in [0.1, 0.15) is 25.4 Å². The number of furan rings is 1. The van der Waals surface area contributed by atoms with Crippen LogP contribution < -0.4 is 11.1 Å². The van der Waals surface area contributed by atoms with Crippen molar-refractivity contribution in [2.24, 2.45) is 5.73 Å². The second kappa shape index (κ2) is 5.48. The van der Waals surface area contributed by atoms with Gasteiger partial charge in [-0.25, -0.2) is 0 Å². The second-order valence-electron chi connectivity index (χ2n) is 4.81. The van der Waals surface area contributed by atoms with Crippen molar-refractivity contribution in [3.05, 3.63) is 23.7 Å². The van der Waals surface area contributed by atoms with E-state index < -0.39 is 6.10 Å². The quantitative estimate of drug-likeness (QED) is 0.670. The minimum absolute atomic E-state index is 0.0808. The Hall–Kier alpha value is -0.840. The number of nitrogens with two attached hydrogens (primary N) is 1. The Morgan fingerprint density at radius 3 is 2.69 bits per heavy atom. The topological polar surface area (TPSA) is 71.4 Å². The van der Waals surface area contributed by atoms with Crippen LogP contribution in [0.2, 0.25) is 0 Å². The predicted octanol–water partition coefficient (Wildman–Crippen LogP) is 0.775. The first-order valence-corrected chi connectivity index (χ1v) is 5.61. The van der Waals surface area contributed by atoms with Gasteiger partial charge in [0.25, 0.3) is 0 Å². The number of aryl methyl sites for hydroxylation is 1. The summed E-state index contributed by atoms with van der Waals surface area (Å²) in [4.78, 5) is 0. The molecule has 4 nitrogen and oxygen atoms in total. The molecular formula is C12H22N2O2. The number of aliphatic hydroxyl groups excluding tert-OH is 1. The number of aliphatic hydroxyl groups is 1. The zero-order chi connectivity index (χ0) is 12.2. The van der Waals surface area contributed by atoms with Crippen LogP contribution in [0.25, 0.3) is 0 Å². The van der Waals surface area contributed by atoms with Crippen LogP contribution in [-0.2, 0) is 5.41 Å². The third-order valence-electron chi connectivity index (χ3n) is 2.63. The Bertz CT molecular complexity index is 321. The maximum Gasteiger partial charge on any atom is 0.111 e. The highest BCUT2D eigenvalue weighted by Crippen LogP contribution is 2.24. The van der Waals surface area contributed by atoms with E-state index >= 15 is 0 Å². The van der Waals surface area contributed by atoms with Gasteiger partial charge in [0.1, 0.15) is 11.5 Å². The molecule has 0 fully saturated rings. The van der Waals surface area contributed by atoms with Crippen LogP contribution in [0, 0.1) is 6.92 Å². The molecule has 0 saturated carbocycles. The molecule has 1 unspecified atom stereocenters. The molecule has 16 heavy (non-hydrogen) atoms. The van der Waals surface area contributed by atoms with Crippen LogP contribution in [0.4, 0.5) is 0 Å². The normalized spacial score (nSPS) is 14.1. The Morgan fingerprint density at radius 1 is 1.50 bits per heavy atom. The molecule has 0 spiro atoms. The first kappa shape index (κ1) is 13.2. The molecule has 0 saturated heterocycles. The van der Waals surface area contributed by atoms with E-state index in [2.05, 4.69) is 19.2 Å². The molecule has 4 heteroatoms. The molecule has 0 aliphatic carbocycles. The third-order valence-corrected chi connectivity index (χ3v) is 2.63. The molecule has 0 aromatic carbocycles. The average Bonchev–Trinajstić information content (AvgIpc) is 2.65. The van der Waals surface area contributed by atoms with Crippen LogP contribution in [0.5, 0.6) is 0 Å². The van der Waals surface area contributed by atoms with Gasteiger partial charge in [-0.2, -0.15) is 0 Å². The molecule has 0 aliphatic heterocycles. The maximum absolute atomic E-state index is 9.32. The van der Waals surface area contributed by atoms with Gasteiger partial charge in [0, 0.05) is 25.0 Å². The highest BCUT2D eigenvalue weighted by molar-refractivity contribution is 5.15. The Kier molecular flexibility index (Phi) is 4.53. The standard InChI is InChI=1S/C12H22N2O2/c1-9-4-5-11(16-9)12(2,3)8-14-7-10(15)6-13/h4-5,10,14-15H,6-8,13H2,1-3H3. The van der Waals surface area contributed by atoms with Crippen molar-refractivity contribution in [2.45, 2.75) is 32.3 Å². The van der Waals surface area contributed by atoms with Gasteiger partial charge in [0.05, 0.1) is 6.10 Å². The Morgan fingerprint density at radius 2 is 2.19 bits per heavy atom. The summed E-state index contributed by atoms with van der Waals surface area (Å²) in [5, 5.41) is 12.5. The number of hydrogen-bond acceptors (Lipinski definition) is 4. The van der Waals surface area contributed by atoms with Crippen molar-refractivity contribution in [2.75, 3.05) is 19.6 Å². The summed E-state index contributed by atoms with van der Waals surface area (Å²) < 4.78 is 5.60. The van der Waals surface area contributed by atoms with Crippen molar-refractivity contribution >= 4 is 0 Å². The molecule has 1 aromatic heterocycles. The van der Waals surface area contributed by atoms with E-state index in [9.17, 15) is 5.11 Å². The van der Waals surface area contributed by atoms with Gasteiger partial charge in [-0.3, -0.25) is 0 Å². The highest BCUT2D eigenvalue weighted by Gasteiger charge is 2.23. The summed E-state index contributed by atoms with van der Waals surface area (Å²) in [5.41, 5.74) is 5.25. The lowest BCUT2D eigenvalue weighted by Gasteiger charge is -2.23. The summed E-state index contributed by atoms with van der Waals surface area (Å²) in [6.07, 6.45) is -0.478. The maximum atomic E-state index is 9.32. The van der Waals surface area contributed by atoms with Gasteiger partial charge in [0.15, 0.2) is 0 Å². The summed E-state index contributed by atoms with van der Waals surface area (Å²) in [6, 6.07) is 3.96. The SMILES string of the molecule is Cc1ccc(C(C)(C)CNCC(O)CN)o1. The fourth-order valence-corrected chi connectivity index (χ4v) is 1.52. The molecule has 0 amide bonds. The molecule has 1 rings (SSSR count). The molecule has 1 heterocycles. The van der Waals surface area contributed by atoms with E-state index in [-0.39, 0.29) is 12.0 Å². The third kappa shape index (κ3) is 3.63. The average molecular weight is 226 g/mol. The monoisotopic (exact) mass is 226 g/mol. The van der Waals surface area contributed by atoms with Crippen molar-refractivity contribution in [3.63, 3.8) is 0 Å². The highest BCUT2D eigenvalue weighted by atomic mass is 16.3. The van der Waals surface area contributed by atoms with Crippen molar-refractivity contribution < 1.29 is 9.52 Å². The van der Waals surface area contributed by atoms with Crippen LogP contribution in [-0.4, -0.2) is 30.8 Å². The molecular weight excluding hydrogens is 204 g/mol. The minimum atomic E-state index is -0.478. The summed E-state index contributed by atoms with van der Waals surface area (Å²) in [7, 11) is 0. The summed E-state index contributed by atoms with van der Waals surface area (Å²) in [5.74, 6) is 1.88. The molecule has 1 atom stereocenters. The molecule has 1 aromatic rings. The summed E-state index contributed by atoms with van der Waals surface area (Å²) in [6.45, 7) is 7.69. The van der Waals surface area contributed by atoms with Crippen LogP contribution in [0.3, 0.4) is 0 Å². The number of hydrogen-bond donors (Lipinski definition) is 3. The Labute approximate surface area is 96.8 Å². The van der Waals surface area contributed by atoms with Crippen molar-refractivity contribution in [1.82, 2.24) is 5.32 Å². The zero-order valence-corrected chi connectivity index (χ0v) is 10.3. The largest absolute Gasteiger partial charge is 0.466 e. The van der Waals surface area contributed by atoms with Crippen LogP contribution >= 0.6 is 0 Å². The lowest BCUT2D eigenvalue weighted by atomic mass is 9.90. The molecule has 4 N–H and O–H groups in total. The van der Waals surface area contributed by atoms with E-state index in [1.165, 1.54) is 0 Å². The first-order chi connectivity index (χ1) is 7.45. The first-order valence-electron chi connectivity index (χ1n) is 5.61. The number of rotatable bonds is 6. The zero-order valence-electron chi connectivity index (χ0n) is 10.3. The fourth-order valence-electron chi connectivity index (χ4n) is 1.52. The molecule has 0 aliphatic rings. The van der Waals surface area contributed by atoms with E-state index in [1.807, 2.05) is 19.1 Å². The van der Waals surface area contributed by atoms with E-state index in [1.54, 1.807) is 0 Å². The van der Waals surface area contributed by atoms with Gasteiger partial charge in [0.2, 0.25) is 0 Å². The van der Waals surface area contributed by atoms with Crippen LogP contribution in [0.15, 0.2) is 16.5 Å². The molecule has 0 bridgehead atoms. The minimum Gasteiger partial charge on any atom is -0.466 e. The number of nitrogens with one attached hydrogen (secondary N) is 1. The van der Waals surface area contributed by atoms with Gasteiger partial charge in [-0.15, -0.1) is 0 Å². The smallest absolute Gasteiger partial charge is 0.111 e. The predicted molar refractivity (Wildman–Crippen MR) is 64.4 cm³/mol. The van der Waals surface area contributed by atoms with E-state index in [4.69, 9.17) is 10.2 Å². The van der Waals surface area contributed by atoms with Crippen molar-refractivity contribution in [3.8, 4) is 0 Å². The molecule has 0 radical (unpaired) electrons. The lowest BCUT2D eigenvalue weighted by Crippen LogP contribution is -2.39. The Balaban J connectivity index is 2.46. The van der Waals surface area contributed by atoms with Gasteiger partial charge in [-0.1, -0.05) is 13.8 Å². The summed E-state index contributed by atoms with van der Waals surface area (Å²) >= 11 is 0. The fraction of sp³-hybridized carbons (Fsp3) is 0.667. The van der Waals surface area contributed by atoms with Gasteiger partial charge < -0.3 is 20.6 Å². The van der Waals surface area contributed by atoms with Gasteiger partial charge in [-0.05, 0) is 19.1 Å². The van der Waals surface area contributed by atoms with Gasteiger partial charge >= 0.3 is 0 Å².